The predicted molar refractivity (Wildman–Crippen MR) is 87.1 cm³/mol. The standard InChI is InChI=1S/C18H34O2/c1-2-3-4-5-6-7-8-9-10-11-12-13-14-15-16-17-18(19)20/h12-13H,2-11,14-17H2,1H3,(H,19,20)/b13-12-. The van der Waals surface area contributed by atoms with Crippen LogP contribution in [0, 0.1) is 0 Å². The highest BCUT2D eigenvalue weighted by Crippen LogP contribution is 2.11. The van der Waals surface area contributed by atoms with Gasteiger partial charge in [0.1, 0.15) is 0 Å². The maximum Gasteiger partial charge on any atom is 0.303 e. The van der Waals surface area contributed by atoms with Gasteiger partial charge in [0.15, 0.2) is 0 Å². The molecule has 0 aromatic rings. The van der Waals surface area contributed by atoms with Crippen molar-refractivity contribution in [2.24, 2.45) is 0 Å². The van der Waals surface area contributed by atoms with Crippen LogP contribution in [0.2, 0.25) is 0 Å². The van der Waals surface area contributed by atoms with Crippen LogP contribution in [0.4, 0.5) is 0 Å². The fourth-order valence-corrected chi connectivity index (χ4v) is 2.35. The molecule has 0 aliphatic heterocycles. The first-order chi connectivity index (χ1) is 9.77. The van der Waals surface area contributed by atoms with E-state index in [-0.39, 0.29) is 0 Å². The molecule has 0 saturated carbocycles. The van der Waals surface area contributed by atoms with Crippen molar-refractivity contribution >= 4 is 5.97 Å². The highest BCUT2D eigenvalue weighted by atomic mass is 16.4. The molecule has 0 aromatic heterocycles. The summed E-state index contributed by atoms with van der Waals surface area (Å²) in [5, 5.41) is 8.50. The molecule has 20 heavy (non-hydrogen) atoms. The maximum absolute atomic E-state index is 10.3. The fraction of sp³-hybridized carbons (Fsp3) is 0.833. The Kier molecular flexibility index (Phi) is 15.6. The topological polar surface area (TPSA) is 37.3 Å². The highest BCUT2D eigenvalue weighted by molar-refractivity contribution is 5.66. The Balaban J connectivity index is 3.06. The molecule has 0 unspecified atom stereocenters. The predicted octanol–water partition coefficient (Wildman–Crippen LogP) is 6.11. The molecule has 2 heteroatoms. The highest BCUT2D eigenvalue weighted by Gasteiger charge is 1.94. The van der Waals surface area contributed by atoms with E-state index in [2.05, 4.69) is 19.1 Å². The van der Waals surface area contributed by atoms with E-state index in [4.69, 9.17) is 5.11 Å². The maximum atomic E-state index is 10.3. The van der Waals surface area contributed by atoms with Crippen LogP contribution < -0.4 is 0 Å². The lowest BCUT2D eigenvalue weighted by atomic mass is 10.1. The molecule has 0 fully saturated rings. The molecule has 0 radical (unpaired) electrons. The molecule has 0 aliphatic carbocycles. The van der Waals surface area contributed by atoms with E-state index >= 15 is 0 Å². The van der Waals surface area contributed by atoms with E-state index in [1.165, 1.54) is 64.2 Å². The van der Waals surface area contributed by atoms with Gasteiger partial charge in [0, 0.05) is 6.42 Å². The summed E-state index contributed by atoms with van der Waals surface area (Å²) in [6.45, 7) is 2.26. The van der Waals surface area contributed by atoms with Crippen molar-refractivity contribution in [3.05, 3.63) is 12.2 Å². The minimum absolute atomic E-state index is 0.312. The quantitative estimate of drug-likeness (QED) is 0.291. The van der Waals surface area contributed by atoms with Gasteiger partial charge in [-0.25, -0.2) is 0 Å². The number of hydrogen-bond acceptors (Lipinski definition) is 1. The molecule has 0 atom stereocenters. The summed E-state index contributed by atoms with van der Waals surface area (Å²) in [6.07, 6.45) is 21.3. The average molecular weight is 282 g/mol. The van der Waals surface area contributed by atoms with Crippen LogP contribution in [0.25, 0.3) is 0 Å². The van der Waals surface area contributed by atoms with Crippen molar-refractivity contribution in [1.29, 1.82) is 0 Å². The van der Waals surface area contributed by atoms with Crippen LogP contribution in [-0.2, 0) is 4.79 Å². The van der Waals surface area contributed by atoms with E-state index in [1.807, 2.05) is 0 Å². The van der Waals surface area contributed by atoms with Crippen molar-refractivity contribution in [3.8, 4) is 0 Å². The lowest BCUT2D eigenvalue weighted by Crippen LogP contribution is -1.92. The summed E-state index contributed by atoms with van der Waals surface area (Å²) in [5.74, 6) is -0.677. The number of allylic oxidation sites excluding steroid dienone is 2. The zero-order chi connectivity index (χ0) is 14.9. The van der Waals surface area contributed by atoms with Crippen molar-refractivity contribution < 1.29 is 9.90 Å². The number of carboxylic acid groups (broad SMARTS) is 1. The zero-order valence-electron chi connectivity index (χ0n) is 13.4. The Hall–Kier alpha value is -0.790. The summed E-state index contributed by atoms with van der Waals surface area (Å²) < 4.78 is 0. The van der Waals surface area contributed by atoms with Gasteiger partial charge in [0.05, 0.1) is 0 Å². The second kappa shape index (κ2) is 16.3. The number of rotatable bonds is 15. The van der Waals surface area contributed by atoms with Crippen LogP contribution in [-0.4, -0.2) is 11.1 Å². The molecule has 0 bridgehead atoms. The second-order valence-corrected chi connectivity index (χ2v) is 5.73. The third-order valence-electron chi connectivity index (χ3n) is 3.65. The van der Waals surface area contributed by atoms with Crippen LogP contribution >= 0.6 is 0 Å². The summed E-state index contributed by atoms with van der Waals surface area (Å²) in [5.41, 5.74) is 0. The molecule has 0 aliphatic rings. The molecule has 118 valence electrons. The van der Waals surface area contributed by atoms with Gasteiger partial charge in [-0.1, -0.05) is 70.4 Å². The normalized spacial score (nSPS) is 11.2. The molecular weight excluding hydrogens is 248 g/mol. The lowest BCUT2D eigenvalue weighted by Gasteiger charge is -2.00. The molecule has 0 saturated heterocycles. The van der Waals surface area contributed by atoms with Gasteiger partial charge in [-0.3, -0.25) is 4.79 Å². The third-order valence-corrected chi connectivity index (χ3v) is 3.65. The Morgan fingerprint density at radius 3 is 1.70 bits per heavy atom. The Morgan fingerprint density at radius 2 is 1.20 bits per heavy atom. The Bertz CT molecular complexity index is 234. The molecule has 0 rings (SSSR count). The van der Waals surface area contributed by atoms with Gasteiger partial charge < -0.3 is 5.11 Å². The monoisotopic (exact) mass is 282 g/mol. The van der Waals surface area contributed by atoms with Gasteiger partial charge in [0.25, 0.3) is 0 Å². The first-order valence-electron chi connectivity index (χ1n) is 8.64. The van der Waals surface area contributed by atoms with Crippen LogP contribution in [0.15, 0.2) is 12.2 Å². The molecule has 0 aromatic carbocycles. The molecule has 0 amide bonds. The van der Waals surface area contributed by atoms with E-state index in [1.54, 1.807) is 0 Å². The third kappa shape index (κ3) is 17.2. The number of aliphatic carboxylic acids is 1. The molecule has 0 heterocycles. The Labute approximate surface area is 125 Å². The first kappa shape index (κ1) is 19.2. The van der Waals surface area contributed by atoms with Crippen LogP contribution in [0.5, 0.6) is 0 Å². The van der Waals surface area contributed by atoms with Crippen molar-refractivity contribution in [2.45, 2.75) is 96.8 Å². The summed E-state index contributed by atoms with van der Waals surface area (Å²) >= 11 is 0. The van der Waals surface area contributed by atoms with Crippen LogP contribution in [0.1, 0.15) is 96.8 Å². The number of hydrogen-bond donors (Lipinski definition) is 1. The summed E-state index contributed by atoms with van der Waals surface area (Å²) in [7, 11) is 0. The van der Waals surface area contributed by atoms with E-state index in [0.29, 0.717) is 6.42 Å². The van der Waals surface area contributed by atoms with E-state index in [0.717, 1.165) is 19.3 Å². The Morgan fingerprint density at radius 1 is 0.750 bits per heavy atom. The van der Waals surface area contributed by atoms with Gasteiger partial charge in [-0.2, -0.15) is 0 Å². The minimum atomic E-state index is -0.677. The van der Waals surface area contributed by atoms with Crippen LogP contribution in [0.3, 0.4) is 0 Å². The minimum Gasteiger partial charge on any atom is -0.481 e. The smallest absolute Gasteiger partial charge is 0.303 e. The largest absolute Gasteiger partial charge is 0.481 e. The van der Waals surface area contributed by atoms with Gasteiger partial charge in [-0.15, -0.1) is 0 Å². The zero-order valence-corrected chi connectivity index (χ0v) is 13.4. The SMILES string of the molecule is CCCCCCCCCCC/C=C\CCCCC(=O)O. The molecule has 1 N–H and O–H groups in total. The van der Waals surface area contributed by atoms with Gasteiger partial charge in [-0.05, 0) is 32.1 Å². The number of carboxylic acids is 1. The average Bonchev–Trinajstić information content (AvgIpc) is 2.43. The van der Waals surface area contributed by atoms with E-state index in [9.17, 15) is 4.79 Å². The number of carbonyl (C=O) groups is 1. The van der Waals surface area contributed by atoms with Crippen molar-refractivity contribution in [1.82, 2.24) is 0 Å². The summed E-state index contributed by atoms with van der Waals surface area (Å²) in [6, 6.07) is 0. The molecule has 0 spiro atoms. The number of unbranched alkanes of at least 4 members (excludes halogenated alkanes) is 11. The van der Waals surface area contributed by atoms with E-state index < -0.39 is 5.97 Å². The summed E-state index contributed by atoms with van der Waals surface area (Å²) in [4.78, 5) is 10.3. The molecule has 2 nitrogen and oxygen atoms in total. The van der Waals surface area contributed by atoms with Crippen molar-refractivity contribution in [2.75, 3.05) is 0 Å². The second-order valence-electron chi connectivity index (χ2n) is 5.73. The van der Waals surface area contributed by atoms with Crippen molar-refractivity contribution in [3.63, 3.8) is 0 Å². The lowest BCUT2D eigenvalue weighted by molar-refractivity contribution is -0.137. The fourth-order valence-electron chi connectivity index (χ4n) is 2.35. The van der Waals surface area contributed by atoms with Gasteiger partial charge >= 0.3 is 5.97 Å². The molecular formula is C18H34O2. The first-order valence-corrected chi connectivity index (χ1v) is 8.64. The van der Waals surface area contributed by atoms with Gasteiger partial charge in [0.2, 0.25) is 0 Å².